The summed E-state index contributed by atoms with van der Waals surface area (Å²) in [6, 6.07) is 1.92. The number of aryl methyl sites for hydroxylation is 1. The van der Waals surface area contributed by atoms with Gasteiger partial charge in [-0.05, 0) is 6.07 Å². The van der Waals surface area contributed by atoms with Gasteiger partial charge in [-0.1, -0.05) is 5.21 Å². The Hall–Kier alpha value is -2.22. The Bertz CT molecular complexity index is 615. The lowest BCUT2D eigenvalue weighted by molar-refractivity contribution is 0.246. The van der Waals surface area contributed by atoms with Gasteiger partial charge >= 0.3 is 0 Å². The van der Waals surface area contributed by atoms with Crippen LogP contribution >= 0.6 is 0 Å². The quantitative estimate of drug-likeness (QED) is 0.787. The molecule has 3 heterocycles. The molecule has 0 saturated carbocycles. The van der Waals surface area contributed by atoms with E-state index in [9.17, 15) is 0 Å². The van der Waals surface area contributed by atoms with E-state index in [1.54, 1.807) is 4.68 Å². The predicted octanol–water partition coefficient (Wildman–Crippen LogP) is -0.00670. The Balaban J connectivity index is 1.58. The first-order chi connectivity index (χ1) is 10.6. The second kappa shape index (κ2) is 6.27. The molecule has 0 bridgehead atoms. The molecule has 0 spiro atoms. The highest BCUT2D eigenvalue weighted by Crippen LogP contribution is 2.15. The van der Waals surface area contributed by atoms with E-state index in [-0.39, 0.29) is 0 Å². The Labute approximate surface area is 130 Å². The lowest BCUT2D eigenvalue weighted by Crippen LogP contribution is -2.46. The number of hydrogen-bond acceptors (Lipinski definition) is 7. The van der Waals surface area contributed by atoms with Crippen LogP contribution in [0, 0.1) is 0 Å². The minimum Gasteiger partial charge on any atom is -0.363 e. The molecule has 2 aromatic heterocycles. The van der Waals surface area contributed by atoms with Crippen LogP contribution in [0.15, 0.2) is 18.5 Å². The molecule has 1 fully saturated rings. The standard InChI is InChI=1S/C14H22N8/c1-19(2)13-4-5-15-14(16-13)22-8-6-21(7-9-22)11-12-10-20(3)18-17-12/h4-5,10H,6-9,11H2,1-3H3. The summed E-state index contributed by atoms with van der Waals surface area (Å²) in [5, 5.41) is 8.12. The summed E-state index contributed by atoms with van der Waals surface area (Å²) < 4.78 is 1.74. The van der Waals surface area contributed by atoms with Crippen molar-refractivity contribution in [3.8, 4) is 0 Å². The second-order valence-electron chi connectivity index (χ2n) is 5.76. The zero-order chi connectivity index (χ0) is 15.5. The van der Waals surface area contributed by atoms with Crippen molar-refractivity contribution in [1.82, 2.24) is 29.9 Å². The van der Waals surface area contributed by atoms with Gasteiger partial charge in [0.1, 0.15) is 5.82 Å². The van der Waals surface area contributed by atoms with Crippen LogP contribution in [0.3, 0.4) is 0 Å². The summed E-state index contributed by atoms with van der Waals surface area (Å²) in [5.74, 6) is 1.75. The van der Waals surface area contributed by atoms with Crippen LogP contribution in [-0.2, 0) is 13.6 Å². The van der Waals surface area contributed by atoms with Gasteiger partial charge < -0.3 is 9.80 Å². The SMILES string of the molecule is CN(C)c1ccnc(N2CCN(Cc3cn(C)nn3)CC2)n1. The van der Waals surface area contributed by atoms with Crippen molar-refractivity contribution >= 4 is 11.8 Å². The Morgan fingerprint density at radius 3 is 2.59 bits per heavy atom. The van der Waals surface area contributed by atoms with E-state index < -0.39 is 0 Å². The topological polar surface area (TPSA) is 66.2 Å². The molecule has 0 radical (unpaired) electrons. The zero-order valence-corrected chi connectivity index (χ0v) is 13.3. The van der Waals surface area contributed by atoms with Crippen LogP contribution in [-0.4, -0.2) is 70.1 Å². The van der Waals surface area contributed by atoms with Crippen molar-refractivity contribution in [2.45, 2.75) is 6.54 Å². The molecule has 1 saturated heterocycles. The highest BCUT2D eigenvalue weighted by Gasteiger charge is 2.20. The third kappa shape index (κ3) is 3.33. The summed E-state index contributed by atoms with van der Waals surface area (Å²) in [5.41, 5.74) is 1.02. The van der Waals surface area contributed by atoms with E-state index in [4.69, 9.17) is 0 Å². The van der Waals surface area contributed by atoms with Crippen molar-refractivity contribution in [3.05, 3.63) is 24.2 Å². The molecule has 0 atom stereocenters. The maximum Gasteiger partial charge on any atom is 0.227 e. The van der Waals surface area contributed by atoms with Crippen LogP contribution in [0.4, 0.5) is 11.8 Å². The molecule has 118 valence electrons. The Morgan fingerprint density at radius 2 is 1.95 bits per heavy atom. The average Bonchev–Trinajstić information content (AvgIpc) is 2.93. The summed E-state index contributed by atoms with van der Waals surface area (Å²) in [6.07, 6.45) is 3.79. The van der Waals surface area contributed by atoms with Crippen molar-refractivity contribution in [1.29, 1.82) is 0 Å². The average molecular weight is 302 g/mol. The van der Waals surface area contributed by atoms with Crippen LogP contribution in [0.1, 0.15) is 5.69 Å². The van der Waals surface area contributed by atoms with E-state index in [1.165, 1.54) is 0 Å². The van der Waals surface area contributed by atoms with E-state index in [2.05, 4.69) is 30.1 Å². The molecular weight excluding hydrogens is 280 g/mol. The van der Waals surface area contributed by atoms with Gasteiger partial charge in [0, 0.05) is 66.3 Å². The smallest absolute Gasteiger partial charge is 0.227 e. The number of aromatic nitrogens is 5. The third-order valence-corrected chi connectivity index (χ3v) is 3.78. The molecule has 8 heteroatoms. The molecule has 1 aliphatic rings. The molecular formula is C14H22N8. The summed E-state index contributed by atoms with van der Waals surface area (Å²) in [7, 11) is 5.87. The zero-order valence-electron chi connectivity index (χ0n) is 13.3. The van der Waals surface area contributed by atoms with Gasteiger partial charge in [0.05, 0.1) is 5.69 Å². The fraction of sp³-hybridized carbons (Fsp3) is 0.571. The van der Waals surface area contributed by atoms with Gasteiger partial charge in [-0.15, -0.1) is 5.10 Å². The van der Waals surface area contributed by atoms with E-state index in [0.717, 1.165) is 50.2 Å². The maximum absolute atomic E-state index is 4.60. The fourth-order valence-electron chi connectivity index (χ4n) is 2.54. The van der Waals surface area contributed by atoms with Crippen LogP contribution < -0.4 is 9.80 Å². The van der Waals surface area contributed by atoms with Gasteiger partial charge in [0.15, 0.2) is 0 Å². The fourth-order valence-corrected chi connectivity index (χ4v) is 2.54. The summed E-state index contributed by atoms with van der Waals surface area (Å²) in [4.78, 5) is 15.6. The third-order valence-electron chi connectivity index (χ3n) is 3.78. The first-order valence-electron chi connectivity index (χ1n) is 7.45. The molecule has 0 amide bonds. The van der Waals surface area contributed by atoms with Gasteiger partial charge in [-0.3, -0.25) is 9.58 Å². The number of anilines is 2. The number of hydrogen-bond donors (Lipinski definition) is 0. The van der Waals surface area contributed by atoms with Gasteiger partial charge in [-0.2, -0.15) is 4.98 Å². The number of piperazine rings is 1. The molecule has 0 unspecified atom stereocenters. The molecule has 1 aliphatic heterocycles. The first-order valence-corrected chi connectivity index (χ1v) is 7.45. The molecule has 2 aromatic rings. The molecule has 8 nitrogen and oxygen atoms in total. The van der Waals surface area contributed by atoms with Crippen molar-refractivity contribution in [3.63, 3.8) is 0 Å². The second-order valence-corrected chi connectivity index (χ2v) is 5.76. The van der Waals surface area contributed by atoms with E-state index >= 15 is 0 Å². The lowest BCUT2D eigenvalue weighted by Gasteiger charge is -2.34. The highest BCUT2D eigenvalue weighted by atomic mass is 15.4. The van der Waals surface area contributed by atoms with Gasteiger partial charge in [0.2, 0.25) is 5.95 Å². The molecule has 3 rings (SSSR count). The first kappa shape index (κ1) is 14.7. The van der Waals surface area contributed by atoms with E-state index in [0.29, 0.717) is 0 Å². The Kier molecular flexibility index (Phi) is 4.19. The monoisotopic (exact) mass is 302 g/mol. The molecule has 22 heavy (non-hydrogen) atoms. The van der Waals surface area contributed by atoms with Crippen molar-refractivity contribution in [2.24, 2.45) is 7.05 Å². The minimum atomic E-state index is 0.811. The number of nitrogens with zero attached hydrogens (tertiary/aromatic N) is 8. The normalized spacial score (nSPS) is 16.0. The molecule has 0 aliphatic carbocycles. The van der Waals surface area contributed by atoms with E-state index in [1.807, 2.05) is 44.5 Å². The Morgan fingerprint density at radius 1 is 1.18 bits per heavy atom. The van der Waals surface area contributed by atoms with Crippen LogP contribution in [0.5, 0.6) is 0 Å². The molecule has 0 N–H and O–H groups in total. The van der Waals surface area contributed by atoms with Crippen molar-refractivity contribution < 1.29 is 0 Å². The maximum atomic E-state index is 4.60. The van der Waals surface area contributed by atoms with Crippen LogP contribution in [0.25, 0.3) is 0 Å². The lowest BCUT2D eigenvalue weighted by atomic mass is 10.3. The summed E-state index contributed by atoms with van der Waals surface area (Å²) in [6.45, 7) is 4.66. The van der Waals surface area contributed by atoms with Crippen LogP contribution in [0.2, 0.25) is 0 Å². The molecule has 0 aromatic carbocycles. The van der Waals surface area contributed by atoms with Gasteiger partial charge in [0.25, 0.3) is 0 Å². The summed E-state index contributed by atoms with van der Waals surface area (Å²) >= 11 is 0. The van der Waals surface area contributed by atoms with Gasteiger partial charge in [-0.25, -0.2) is 4.98 Å². The predicted molar refractivity (Wildman–Crippen MR) is 84.9 cm³/mol. The largest absolute Gasteiger partial charge is 0.363 e. The van der Waals surface area contributed by atoms with Crippen molar-refractivity contribution in [2.75, 3.05) is 50.1 Å². The highest BCUT2D eigenvalue weighted by molar-refractivity contribution is 5.42. The number of rotatable bonds is 4. The minimum absolute atomic E-state index is 0.811.